The van der Waals surface area contributed by atoms with E-state index in [9.17, 15) is 14.7 Å². The van der Waals surface area contributed by atoms with Gasteiger partial charge < -0.3 is 10.1 Å². The number of nitrogens with one attached hydrogen (secondary N) is 1. The van der Waals surface area contributed by atoms with Crippen LogP contribution in [0.4, 0.5) is 0 Å². The Balaban J connectivity index is 2.34. The highest BCUT2D eigenvalue weighted by Gasteiger charge is 2.17. The number of aryl methyl sites for hydroxylation is 1. The quantitative estimate of drug-likeness (QED) is 0.502. The highest BCUT2D eigenvalue weighted by molar-refractivity contribution is 7.98. The van der Waals surface area contributed by atoms with E-state index < -0.39 is 11.7 Å². The SMILES string of the molecule is Cc1[nH]c(=O)nc(SCc2nc(Cl)ccc2Cl)c1C(=O)O. The molecule has 2 N–H and O–H groups in total. The van der Waals surface area contributed by atoms with Crippen molar-refractivity contribution in [2.75, 3.05) is 0 Å². The van der Waals surface area contributed by atoms with Crippen LogP contribution >= 0.6 is 35.0 Å². The first-order chi connectivity index (χ1) is 9.88. The number of pyridine rings is 1. The van der Waals surface area contributed by atoms with E-state index in [4.69, 9.17) is 23.2 Å². The van der Waals surface area contributed by atoms with E-state index in [0.717, 1.165) is 11.8 Å². The first kappa shape index (κ1) is 15.8. The summed E-state index contributed by atoms with van der Waals surface area (Å²) in [7, 11) is 0. The summed E-state index contributed by atoms with van der Waals surface area (Å²) in [4.78, 5) is 32.7. The number of thioether (sulfide) groups is 1. The zero-order valence-electron chi connectivity index (χ0n) is 10.7. The number of hydrogen-bond donors (Lipinski definition) is 2. The molecule has 110 valence electrons. The van der Waals surface area contributed by atoms with Crippen molar-refractivity contribution in [2.24, 2.45) is 0 Å². The summed E-state index contributed by atoms with van der Waals surface area (Å²) < 4.78 is 0. The second-order valence-electron chi connectivity index (χ2n) is 4.00. The molecule has 0 aliphatic carbocycles. The van der Waals surface area contributed by atoms with Gasteiger partial charge >= 0.3 is 11.7 Å². The van der Waals surface area contributed by atoms with Crippen LogP contribution in [0.5, 0.6) is 0 Å². The average Bonchev–Trinajstić information content (AvgIpc) is 2.38. The standard InChI is InChI=1S/C12H9Cl2N3O3S/c1-5-9(11(18)19)10(17-12(20)15-5)21-4-7-6(13)2-3-8(14)16-7/h2-3H,4H2,1H3,(H,18,19)(H,15,17,20). The predicted molar refractivity (Wildman–Crippen MR) is 80.4 cm³/mol. The molecule has 0 fully saturated rings. The van der Waals surface area contributed by atoms with Crippen molar-refractivity contribution in [3.63, 3.8) is 0 Å². The molecule has 0 radical (unpaired) electrons. The number of hydrogen-bond acceptors (Lipinski definition) is 5. The summed E-state index contributed by atoms with van der Waals surface area (Å²) in [6.07, 6.45) is 0. The fourth-order valence-electron chi connectivity index (χ4n) is 1.61. The molecule has 0 bridgehead atoms. The van der Waals surface area contributed by atoms with Crippen LogP contribution in [0, 0.1) is 6.92 Å². The third-order valence-electron chi connectivity index (χ3n) is 2.53. The van der Waals surface area contributed by atoms with Gasteiger partial charge in [0.2, 0.25) is 0 Å². The monoisotopic (exact) mass is 345 g/mol. The molecular weight excluding hydrogens is 337 g/mol. The van der Waals surface area contributed by atoms with Crippen LogP contribution < -0.4 is 5.69 Å². The van der Waals surface area contributed by atoms with Gasteiger partial charge in [0.15, 0.2) is 0 Å². The van der Waals surface area contributed by atoms with E-state index in [1.807, 2.05) is 0 Å². The minimum Gasteiger partial charge on any atom is -0.478 e. The van der Waals surface area contributed by atoms with Crippen LogP contribution in [0.3, 0.4) is 0 Å². The van der Waals surface area contributed by atoms with Gasteiger partial charge in [0.1, 0.15) is 15.7 Å². The fourth-order valence-corrected chi connectivity index (χ4v) is 3.05. The highest BCUT2D eigenvalue weighted by atomic mass is 35.5. The van der Waals surface area contributed by atoms with Crippen LogP contribution in [-0.4, -0.2) is 26.0 Å². The second kappa shape index (κ2) is 6.46. The van der Waals surface area contributed by atoms with Crippen molar-refractivity contribution in [2.45, 2.75) is 17.7 Å². The Morgan fingerprint density at radius 2 is 2.10 bits per heavy atom. The van der Waals surface area contributed by atoms with E-state index in [-0.39, 0.29) is 27.2 Å². The van der Waals surface area contributed by atoms with Crippen LogP contribution in [0.1, 0.15) is 21.7 Å². The maximum atomic E-state index is 11.4. The number of carboxylic acids is 1. The number of nitrogens with zero attached hydrogens (tertiary/aromatic N) is 2. The van der Waals surface area contributed by atoms with E-state index >= 15 is 0 Å². The molecule has 9 heteroatoms. The lowest BCUT2D eigenvalue weighted by Crippen LogP contribution is -2.18. The maximum Gasteiger partial charge on any atom is 0.346 e. The van der Waals surface area contributed by atoms with Crippen LogP contribution in [0.25, 0.3) is 0 Å². The normalized spacial score (nSPS) is 10.6. The van der Waals surface area contributed by atoms with E-state index in [0.29, 0.717) is 10.7 Å². The Bertz CT molecular complexity index is 764. The number of carbonyl (C=O) groups is 1. The molecule has 0 amide bonds. The van der Waals surface area contributed by atoms with Gasteiger partial charge in [0.05, 0.1) is 10.7 Å². The first-order valence-electron chi connectivity index (χ1n) is 5.66. The largest absolute Gasteiger partial charge is 0.478 e. The van der Waals surface area contributed by atoms with E-state index in [2.05, 4.69) is 15.0 Å². The van der Waals surface area contributed by atoms with Gasteiger partial charge in [-0.15, -0.1) is 0 Å². The van der Waals surface area contributed by atoms with Crippen LogP contribution in [0.15, 0.2) is 22.0 Å². The molecule has 2 rings (SSSR count). The third kappa shape index (κ3) is 3.75. The number of halogens is 2. The zero-order valence-corrected chi connectivity index (χ0v) is 13.0. The second-order valence-corrected chi connectivity index (χ2v) is 5.76. The number of H-pyrrole nitrogens is 1. The Morgan fingerprint density at radius 3 is 2.76 bits per heavy atom. The van der Waals surface area contributed by atoms with E-state index in [1.165, 1.54) is 6.92 Å². The molecule has 0 aromatic carbocycles. The maximum absolute atomic E-state index is 11.4. The molecule has 6 nitrogen and oxygen atoms in total. The first-order valence-corrected chi connectivity index (χ1v) is 7.40. The summed E-state index contributed by atoms with van der Waals surface area (Å²) in [5, 5.41) is 10.00. The molecule has 0 spiro atoms. The minimum atomic E-state index is -1.16. The van der Waals surface area contributed by atoms with Crippen molar-refractivity contribution in [3.8, 4) is 0 Å². The number of carboxylic acid groups (broad SMARTS) is 1. The summed E-state index contributed by atoms with van der Waals surface area (Å²) in [5.41, 5.74) is 0.0864. The number of aromatic amines is 1. The number of aromatic nitrogens is 3. The lowest BCUT2D eigenvalue weighted by Gasteiger charge is -2.07. The summed E-state index contributed by atoms with van der Waals surface area (Å²) in [5.74, 6) is -0.917. The summed E-state index contributed by atoms with van der Waals surface area (Å²) in [6, 6.07) is 3.15. The minimum absolute atomic E-state index is 0.0437. The van der Waals surface area contributed by atoms with Crippen molar-refractivity contribution in [1.29, 1.82) is 0 Å². The fraction of sp³-hybridized carbons (Fsp3) is 0.167. The van der Waals surface area contributed by atoms with Crippen molar-refractivity contribution in [1.82, 2.24) is 15.0 Å². The van der Waals surface area contributed by atoms with Gasteiger partial charge in [-0.3, -0.25) is 0 Å². The Hall–Kier alpha value is -1.57. The van der Waals surface area contributed by atoms with Gasteiger partial charge in [0, 0.05) is 11.4 Å². The molecule has 0 unspecified atom stereocenters. The van der Waals surface area contributed by atoms with E-state index in [1.54, 1.807) is 12.1 Å². The molecule has 0 atom stereocenters. The van der Waals surface area contributed by atoms with Crippen molar-refractivity contribution in [3.05, 3.63) is 49.7 Å². The smallest absolute Gasteiger partial charge is 0.346 e. The van der Waals surface area contributed by atoms with Gasteiger partial charge in [-0.25, -0.2) is 14.6 Å². The Kier molecular flexibility index (Phi) is 4.87. The molecule has 21 heavy (non-hydrogen) atoms. The summed E-state index contributed by atoms with van der Waals surface area (Å²) >= 11 is 12.8. The van der Waals surface area contributed by atoms with Gasteiger partial charge in [0.25, 0.3) is 0 Å². The number of rotatable bonds is 4. The Morgan fingerprint density at radius 1 is 1.38 bits per heavy atom. The molecule has 2 aromatic heterocycles. The lowest BCUT2D eigenvalue weighted by molar-refractivity contribution is 0.0690. The van der Waals surface area contributed by atoms with Crippen LogP contribution in [-0.2, 0) is 5.75 Å². The molecule has 0 aliphatic heterocycles. The molecule has 2 heterocycles. The summed E-state index contributed by atoms with van der Waals surface area (Å²) in [6.45, 7) is 1.50. The predicted octanol–water partition coefficient (Wildman–Crippen LogP) is 2.77. The third-order valence-corrected chi connectivity index (χ3v) is 4.07. The average molecular weight is 346 g/mol. The molecule has 0 saturated carbocycles. The number of aromatic carboxylic acids is 1. The highest BCUT2D eigenvalue weighted by Crippen LogP contribution is 2.27. The Labute approximate surface area is 133 Å². The topological polar surface area (TPSA) is 95.9 Å². The van der Waals surface area contributed by atoms with Gasteiger partial charge in [-0.2, -0.15) is 4.98 Å². The molecule has 0 saturated heterocycles. The zero-order chi connectivity index (χ0) is 15.6. The van der Waals surface area contributed by atoms with Crippen molar-refractivity contribution < 1.29 is 9.90 Å². The molecule has 0 aliphatic rings. The molecular formula is C12H9Cl2N3O3S. The van der Waals surface area contributed by atoms with Crippen LogP contribution in [0.2, 0.25) is 10.2 Å². The molecule has 2 aromatic rings. The lowest BCUT2D eigenvalue weighted by atomic mass is 10.2. The van der Waals surface area contributed by atoms with Crippen molar-refractivity contribution >= 4 is 40.9 Å². The van der Waals surface area contributed by atoms with Gasteiger partial charge in [-0.05, 0) is 19.1 Å². The van der Waals surface area contributed by atoms with Gasteiger partial charge in [-0.1, -0.05) is 35.0 Å².